The molecule has 0 aromatic heterocycles. The number of carbonyl (C=O) groups is 1. The molecule has 1 aromatic carbocycles. The third-order valence-corrected chi connectivity index (χ3v) is 3.72. The normalized spacial score (nSPS) is 14.1. The first kappa shape index (κ1) is 20.4. The van der Waals surface area contributed by atoms with E-state index in [0.717, 1.165) is 11.8 Å². The fourth-order valence-electron chi connectivity index (χ4n) is 2.32. The van der Waals surface area contributed by atoms with Crippen LogP contribution in [-0.2, 0) is 19.0 Å². The summed E-state index contributed by atoms with van der Waals surface area (Å²) in [4.78, 5) is 12.1. The van der Waals surface area contributed by atoms with Gasteiger partial charge in [-0.3, -0.25) is 4.18 Å². The van der Waals surface area contributed by atoms with Crippen LogP contribution < -0.4 is 5.32 Å². The Kier molecular flexibility index (Phi) is 6.41. The van der Waals surface area contributed by atoms with Crippen LogP contribution in [0.1, 0.15) is 52.6 Å². The van der Waals surface area contributed by atoms with Crippen molar-refractivity contribution in [3.05, 3.63) is 35.9 Å². The Balaban J connectivity index is 2.97. The molecular formula is C17H27NO5S. The minimum absolute atomic E-state index is 0.267. The van der Waals surface area contributed by atoms with E-state index >= 15 is 0 Å². The molecule has 1 rings (SSSR count). The highest BCUT2D eigenvalue weighted by atomic mass is 32.2. The Morgan fingerprint density at radius 2 is 1.67 bits per heavy atom. The van der Waals surface area contributed by atoms with Crippen LogP contribution in [0.15, 0.2) is 30.3 Å². The smallest absolute Gasteiger partial charge is 0.408 e. The van der Waals surface area contributed by atoms with Crippen molar-refractivity contribution in [2.75, 3.05) is 6.26 Å². The van der Waals surface area contributed by atoms with Crippen molar-refractivity contribution >= 4 is 16.2 Å². The maximum absolute atomic E-state index is 12.1. The van der Waals surface area contributed by atoms with Gasteiger partial charge in [0.1, 0.15) is 5.60 Å². The Morgan fingerprint density at radius 3 is 2.12 bits per heavy atom. The molecule has 0 fully saturated rings. The van der Waals surface area contributed by atoms with Gasteiger partial charge in [-0.1, -0.05) is 30.3 Å². The van der Waals surface area contributed by atoms with Crippen molar-refractivity contribution in [2.45, 2.75) is 58.3 Å². The van der Waals surface area contributed by atoms with Gasteiger partial charge in [-0.05, 0) is 40.2 Å². The van der Waals surface area contributed by atoms with E-state index in [4.69, 9.17) is 8.92 Å². The van der Waals surface area contributed by atoms with E-state index in [1.807, 2.05) is 30.3 Å². The fraction of sp³-hybridized carbons (Fsp3) is 0.588. The molecule has 1 N–H and O–H groups in total. The monoisotopic (exact) mass is 357 g/mol. The third kappa shape index (κ3) is 8.31. The van der Waals surface area contributed by atoms with Crippen molar-refractivity contribution in [2.24, 2.45) is 0 Å². The minimum atomic E-state index is -3.61. The van der Waals surface area contributed by atoms with Crippen molar-refractivity contribution in [3.8, 4) is 0 Å². The average Bonchev–Trinajstić information content (AvgIpc) is 2.33. The van der Waals surface area contributed by atoms with Crippen LogP contribution in [0.5, 0.6) is 0 Å². The molecule has 0 radical (unpaired) electrons. The summed E-state index contributed by atoms with van der Waals surface area (Å²) in [5, 5.41) is 2.80. The molecular weight excluding hydrogens is 330 g/mol. The molecule has 0 heterocycles. The second kappa shape index (κ2) is 7.53. The van der Waals surface area contributed by atoms with E-state index in [1.165, 1.54) is 0 Å². The van der Waals surface area contributed by atoms with E-state index in [2.05, 4.69) is 5.32 Å². The number of hydrogen-bond acceptors (Lipinski definition) is 5. The van der Waals surface area contributed by atoms with E-state index in [1.54, 1.807) is 34.6 Å². The number of carbonyl (C=O) groups excluding carboxylic acids is 1. The Labute approximate surface area is 144 Å². The maximum atomic E-state index is 12.1. The Morgan fingerprint density at radius 1 is 1.12 bits per heavy atom. The van der Waals surface area contributed by atoms with Gasteiger partial charge in [0, 0.05) is 6.42 Å². The minimum Gasteiger partial charge on any atom is -0.444 e. The average molecular weight is 357 g/mol. The summed E-state index contributed by atoms with van der Waals surface area (Å²) < 4.78 is 33.3. The third-order valence-electron chi connectivity index (χ3n) is 2.97. The van der Waals surface area contributed by atoms with Crippen molar-refractivity contribution in [3.63, 3.8) is 0 Å². The van der Waals surface area contributed by atoms with E-state index in [-0.39, 0.29) is 6.42 Å². The molecule has 0 unspecified atom stereocenters. The lowest BCUT2D eigenvalue weighted by Gasteiger charge is -2.30. The zero-order chi connectivity index (χ0) is 18.6. The number of amides is 1. The van der Waals surface area contributed by atoms with Crippen molar-refractivity contribution in [1.82, 2.24) is 5.32 Å². The summed E-state index contributed by atoms with van der Waals surface area (Å²) in [6.45, 7) is 8.67. The molecule has 0 aliphatic carbocycles. The lowest BCUT2D eigenvalue weighted by Crippen LogP contribution is -2.39. The summed E-state index contributed by atoms with van der Waals surface area (Å²) in [6, 6.07) is 8.84. The first-order valence-electron chi connectivity index (χ1n) is 7.72. The van der Waals surface area contributed by atoms with Gasteiger partial charge in [0.25, 0.3) is 10.1 Å². The topological polar surface area (TPSA) is 81.7 Å². The lowest BCUT2D eigenvalue weighted by atomic mass is 9.94. The molecule has 1 amide bonds. The molecule has 136 valence electrons. The largest absolute Gasteiger partial charge is 0.444 e. The second-order valence-electron chi connectivity index (χ2n) is 7.36. The summed E-state index contributed by atoms with van der Waals surface area (Å²) in [5.41, 5.74) is -0.763. The predicted octanol–water partition coefficient (Wildman–Crippen LogP) is 3.40. The van der Waals surface area contributed by atoms with E-state index in [9.17, 15) is 13.2 Å². The highest BCUT2D eigenvalue weighted by molar-refractivity contribution is 7.86. The van der Waals surface area contributed by atoms with Crippen LogP contribution in [-0.4, -0.2) is 32.0 Å². The standard InChI is InChI=1S/C17H27NO5S/c1-16(2,3)22-15(19)18-14(13-10-8-7-9-11-13)12-17(4,5)23-24(6,20)21/h7-11,14H,12H2,1-6H3,(H,18,19)/t14-/m0/s1. The number of nitrogens with one attached hydrogen (secondary N) is 1. The fourth-order valence-corrected chi connectivity index (χ4v) is 3.21. The first-order chi connectivity index (χ1) is 10.8. The summed E-state index contributed by atoms with van der Waals surface area (Å²) >= 11 is 0. The van der Waals surface area contributed by atoms with Gasteiger partial charge in [0.15, 0.2) is 0 Å². The van der Waals surface area contributed by atoms with Crippen LogP contribution in [0.25, 0.3) is 0 Å². The van der Waals surface area contributed by atoms with Gasteiger partial charge < -0.3 is 10.1 Å². The zero-order valence-electron chi connectivity index (χ0n) is 15.1. The Hall–Kier alpha value is -1.60. The van der Waals surface area contributed by atoms with Gasteiger partial charge in [-0.25, -0.2) is 4.79 Å². The molecule has 0 saturated carbocycles. The summed E-state index contributed by atoms with van der Waals surface area (Å²) in [7, 11) is -3.61. The zero-order valence-corrected chi connectivity index (χ0v) is 15.9. The van der Waals surface area contributed by atoms with Gasteiger partial charge in [-0.15, -0.1) is 0 Å². The van der Waals surface area contributed by atoms with Gasteiger partial charge in [0.2, 0.25) is 0 Å². The summed E-state index contributed by atoms with van der Waals surface area (Å²) in [5.74, 6) is 0. The molecule has 0 aliphatic heterocycles. The molecule has 1 atom stereocenters. The summed E-state index contributed by atoms with van der Waals surface area (Å²) in [6.07, 6.45) is 0.711. The molecule has 0 bridgehead atoms. The van der Waals surface area contributed by atoms with Gasteiger partial charge >= 0.3 is 6.09 Å². The highest BCUT2D eigenvalue weighted by Gasteiger charge is 2.30. The Bertz CT molecular complexity index is 647. The number of benzene rings is 1. The second-order valence-corrected chi connectivity index (χ2v) is 8.94. The molecule has 24 heavy (non-hydrogen) atoms. The molecule has 6 nitrogen and oxygen atoms in total. The SMILES string of the molecule is CC(C)(C)OC(=O)N[C@@H](CC(C)(C)OS(C)(=O)=O)c1ccccc1. The molecule has 7 heteroatoms. The van der Waals surface area contributed by atoms with Gasteiger partial charge in [0.05, 0.1) is 17.9 Å². The number of ether oxygens (including phenoxy) is 1. The lowest BCUT2D eigenvalue weighted by molar-refractivity contribution is 0.0456. The first-order valence-corrected chi connectivity index (χ1v) is 9.54. The number of alkyl carbamates (subject to hydrolysis) is 1. The molecule has 0 saturated heterocycles. The van der Waals surface area contributed by atoms with Crippen LogP contribution in [0, 0.1) is 0 Å². The number of hydrogen-bond donors (Lipinski definition) is 1. The van der Waals surface area contributed by atoms with Gasteiger partial charge in [-0.2, -0.15) is 8.42 Å². The van der Waals surface area contributed by atoms with Crippen LogP contribution in [0.4, 0.5) is 4.79 Å². The maximum Gasteiger partial charge on any atom is 0.408 e. The number of rotatable bonds is 6. The van der Waals surface area contributed by atoms with Crippen LogP contribution in [0.3, 0.4) is 0 Å². The quantitative estimate of drug-likeness (QED) is 0.789. The van der Waals surface area contributed by atoms with Crippen LogP contribution in [0.2, 0.25) is 0 Å². The van der Waals surface area contributed by atoms with E-state index < -0.39 is 33.5 Å². The van der Waals surface area contributed by atoms with Crippen LogP contribution >= 0.6 is 0 Å². The molecule has 0 spiro atoms. The highest BCUT2D eigenvalue weighted by Crippen LogP contribution is 2.28. The van der Waals surface area contributed by atoms with Crippen molar-refractivity contribution < 1.29 is 22.1 Å². The van der Waals surface area contributed by atoms with Crippen molar-refractivity contribution in [1.29, 1.82) is 0 Å². The molecule has 0 aliphatic rings. The predicted molar refractivity (Wildman–Crippen MR) is 93.2 cm³/mol. The van der Waals surface area contributed by atoms with E-state index in [0.29, 0.717) is 0 Å². The molecule has 1 aromatic rings.